The van der Waals surface area contributed by atoms with Gasteiger partial charge in [-0.15, -0.1) is 69.8 Å². The van der Waals surface area contributed by atoms with Crippen molar-refractivity contribution >= 4 is 17.6 Å². The Hall–Kier alpha value is -2.07. The van der Waals surface area contributed by atoms with Crippen LogP contribution in [0.4, 0.5) is 0 Å². The average Bonchev–Trinajstić information content (AvgIpc) is 3.93. The van der Waals surface area contributed by atoms with Crippen LogP contribution in [0.5, 0.6) is 0 Å². The third-order valence-corrected chi connectivity index (χ3v) is 15.6. The fourth-order valence-electron chi connectivity index (χ4n) is 9.17. The summed E-state index contributed by atoms with van der Waals surface area (Å²) in [6, 6.07) is 33.9. The summed E-state index contributed by atoms with van der Waals surface area (Å²) < 4.78 is 3.61. The van der Waals surface area contributed by atoms with Crippen molar-refractivity contribution in [3.05, 3.63) is 152 Å². The zero-order valence-electron chi connectivity index (χ0n) is 35.6. The summed E-state index contributed by atoms with van der Waals surface area (Å²) in [4.78, 5) is 0. The van der Waals surface area contributed by atoms with Crippen molar-refractivity contribution in [2.75, 3.05) is 0 Å². The van der Waals surface area contributed by atoms with Gasteiger partial charge >= 0.3 is 119 Å². The number of hydrogen-bond donors (Lipinski definition) is 0. The third kappa shape index (κ3) is 10.9. The van der Waals surface area contributed by atoms with E-state index in [9.17, 15) is 0 Å². The van der Waals surface area contributed by atoms with Crippen LogP contribution in [0.2, 0.25) is 0 Å². The Morgan fingerprint density at radius 1 is 0.397 bits per heavy atom. The molecule has 0 radical (unpaired) electrons. The molecule has 4 aromatic rings. The first-order valence-corrected chi connectivity index (χ1v) is 23.7. The minimum absolute atomic E-state index is 0. The number of halogens is 2. The maximum absolute atomic E-state index is 3.70. The van der Waals surface area contributed by atoms with Crippen molar-refractivity contribution in [3.8, 4) is 22.3 Å². The first-order valence-electron chi connectivity index (χ1n) is 21.2. The predicted octanol–water partition coefficient (Wildman–Crippen LogP) is 8.49. The molecule has 0 unspecified atom stereocenters. The fraction of sp³-hybridized carbons (Fsp3) is 0.370. The molecule has 0 saturated heterocycles. The van der Waals surface area contributed by atoms with Gasteiger partial charge in [0.25, 0.3) is 0 Å². The van der Waals surface area contributed by atoms with Gasteiger partial charge in [-0.1, -0.05) is 104 Å². The van der Waals surface area contributed by atoms with E-state index >= 15 is 0 Å². The van der Waals surface area contributed by atoms with E-state index in [1.54, 1.807) is 54.9 Å². The zero-order chi connectivity index (χ0) is 39.3. The SMILES string of the molecule is CC1=C(C)C(C)=C(c2[c-]c3c(cc2)-c2ccccc2C3)C1.CC1=C(C)C(C)=C(c2[c-]c3c(cc2)-c2ccccc2C3)C1.[Cl-].[Cl-].[Zr]=[C]1CCCCC1.[Zr]=[C]1CCCCC1. The Balaban J connectivity index is 0.000000162. The molecular formula is C54H58Cl2Zr2-4. The Morgan fingerprint density at radius 2 is 0.759 bits per heavy atom. The second kappa shape index (κ2) is 21.6. The van der Waals surface area contributed by atoms with Gasteiger partial charge in [0.05, 0.1) is 0 Å². The Labute approximate surface area is 392 Å². The topological polar surface area (TPSA) is 0 Å². The van der Waals surface area contributed by atoms with Crippen molar-refractivity contribution in [3.63, 3.8) is 0 Å². The number of rotatable bonds is 2. The summed E-state index contributed by atoms with van der Waals surface area (Å²) >= 11 is 3.38. The van der Waals surface area contributed by atoms with Crippen LogP contribution in [0.3, 0.4) is 0 Å². The average molecular weight is 960 g/mol. The Morgan fingerprint density at radius 3 is 1.07 bits per heavy atom. The first-order chi connectivity index (χ1) is 27.1. The van der Waals surface area contributed by atoms with Gasteiger partial charge in [-0.3, -0.25) is 0 Å². The van der Waals surface area contributed by atoms with Crippen molar-refractivity contribution in [1.82, 2.24) is 0 Å². The standard InChI is InChI=1S/2C21H19.2C6H10.2ClH.2Zr/c2*1-13-10-21(15(3)14(13)2)17-8-9-20-18(12-17)11-16-6-4-5-7-19(16)20;2*1-2-4-6-5-3-1;;;;/h2*4-9H,10-11H2,1-3H3;2*1-5H2;2*1H;;/q2*-1;;;;;;/p-2. The summed E-state index contributed by atoms with van der Waals surface area (Å²) in [5, 5.41) is 0. The van der Waals surface area contributed by atoms with Gasteiger partial charge in [-0.25, -0.2) is 0 Å². The molecular weight excluding hydrogens is 902 g/mol. The quantitative estimate of drug-likeness (QED) is 0.153. The molecule has 0 spiro atoms. The van der Waals surface area contributed by atoms with Crippen LogP contribution in [0.25, 0.3) is 33.4 Å². The van der Waals surface area contributed by atoms with Crippen molar-refractivity contribution in [2.45, 2.75) is 131 Å². The Bertz CT molecular complexity index is 2130. The van der Waals surface area contributed by atoms with Gasteiger partial charge in [-0.05, 0) is 78.4 Å². The molecule has 2 fully saturated rings. The molecule has 0 bridgehead atoms. The first kappa shape index (κ1) is 47.0. The molecule has 0 N–H and O–H groups in total. The van der Waals surface area contributed by atoms with Gasteiger partial charge in [0.1, 0.15) is 0 Å². The molecule has 58 heavy (non-hydrogen) atoms. The van der Waals surface area contributed by atoms with Crippen molar-refractivity contribution in [2.24, 2.45) is 0 Å². The molecule has 300 valence electrons. The van der Waals surface area contributed by atoms with E-state index in [2.05, 4.69) is 126 Å². The number of allylic oxidation sites excluding steroid dienone is 8. The second-order valence-corrected chi connectivity index (χ2v) is 20.4. The fourth-order valence-corrected chi connectivity index (χ4v) is 10.9. The van der Waals surface area contributed by atoms with Crippen LogP contribution in [0.1, 0.15) is 152 Å². The summed E-state index contributed by atoms with van der Waals surface area (Å²) in [6.07, 6.45) is 18.8. The van der Waals surface area contributed by atoms with E-state index in [-0.39, 0.29) is 24.8 Å². The molecule has 0 aliphatic heterocycles. The van der Waals surface area contributed by atoms with Crippen LogP contribution in [0.15, 0.2) is 106 Å². The van der Waals surface area contributed by atoms with Gasteiger partial charge in [0.15, 0.2) is 0 Å². The van der Waals surface area contributed by atoms with E-state index in [4.69, 9.17) is 0 Å². The summed E-state index contributed by atoms with van der Waals surface area (Å²) in [5.74, 6) is 0. The molecule has 0 atom stereocenters. The summed E-state index contributed by atoms with van der Waals surface area (Å²) in [6.45, 7) is 13.5. The number of hydrogen-bond acceptors (Lipinski definition) is 0. The van der Waals surface area contributed by atoms with Gasteiger partial charge in [0, 0.05) is 0 Å². The molecule has 0 aromatic heterocycles. The zero-order valence-corrected chi connectivity index (χ0v) is 42.0. The van der Waals surface area contributed by atoms with Crippen LogP contribution in [-0.4, -0.2) is 6.41 Å². The second-order valence-electron chi connectivity index (χ2n) is 16.9. The van der Waals surface area contributed by atoms with Crippen molar-refractivity contribution < 1.29 is 73.3 Å². The number of fused-ring (bicyclic) bond motifs is 6. The van der Waals surface area contributed by atoms with Crippen LogP contribution >= 0.6 is 0 Å². The van der Waals surface area contributed by atoms with E-state index in [0.717, 1.165) is 25.7 Å². The van der Waals surface area contributed by atoms with E-state index in [1.807, 2.05) is 0 Å². The molecule has 4 heteroatoms. The maximum atomic E-state index is 3.70. The molecule has 10 rings (SSSR count). The van der Waals surface area contributed by atoms with Gasteiger partial charge in [-0.2, -0.15) is 0 Å². The summed E-state index contributed by atoms with van der Waals surface area (Å²) in [7, 11) is 0. The molecule has 6 aliphatic carbocycles. The normalized spacial score (nSPS) is 17.4. The van der Waals surface area contributed by atoms with E-state index in [1.165, 1.54) is 164 Å². The Kier molecular flexibility index (Phi) is 17.5. The third-order valence-electron chi connectivity index (χ3n) is 13.2. The van der Waals surface area contributed by atoms with Crippen LogP contribution < -0.4 is 24.8 Å². The molecule has 0 heterocycles. The monoisotopic (exact) mass is 956 g/mol. The summed E-state index contributed by atoms with van der Waals surface area (Å²) in [5.41, 5.74) is 25.4. The molecule has 2 saturated carbocycles. The van der Waals surface area contributed by atoms with E-state index in [0.29, 0.717) is 0 Å². The molecule has 0 amide bonds. The number of benzene rings is 4. The van der Waals surface area contributed by atoms with E-state index < -0.39 is 0 Å². The van der Waals surface area contributed by atoms with Crippen LogP contribution in [-0.2, 0) is 61.3 Å². The van der Waals surface area contributed by atoms with Crippen LogP contribution in [0, 0.1) is 12.1 Å². The minimum atomic E-state index is 0. The predicted molar refractivity (Wildman–Crippen MR) is 234 cm³/mol. The molecule has 6 aliphatic rings. The molecule has 0 nitrogen and oxygen atoms in total. The molecule has 4 aromatic carbocycles. The van der Waals surface area contributed by atoms with Gasteiger partial charge < -0.3 is 24.8 Å². The van der Waals surface area contributed by atoms with Crippen molar-refractivity contribution in [1.29, 1.82) is 0 Å². The van der Waals surface area contributed by atoms with Gasteiger partial charge in [0.2, 0.25) is 0 Å².